The monoisotopic (exact) mass is 563 g/mol. The maximum atomic E-state index is 13.0. The predicted molar refractivity (Wildman–Crippen MR) is 164 cm³/mol. The lowest BCUT2D eigenvalue weighted by atomic mass is 10.0. The summed E-state index contributed by atoms with van der Waals surface area (Å²) in [5.74, 6) is 0. The molecule has 0 heterocycles. The molecule has 0 aliphatic heterocycles. The van der Waals surface area contributed by atoms with Crippen molar-refractivity contribution in [3.05, 3.63) is 0 Å². The Morgan fingerprint density at radius 3 is 1.45 bits per heavy atom. The minimum Gasteiger partial charge on any atom is -0.309 e. The lowest BCUT2D eigenvalue weighted by Crippen LogP contribution is -2.36. The van der Waals surface area contributed by atoms with Crippen LogP contribution in [0.25, 0.3) is 0 Å². The van der Waals surface area contributed by atoms with Gasteiger partial charge in [-0.2, -0.15) is 0 Å². The summed E-state index contributed by atoms with van der Waals surface area (Å²) in [5.41, 5.74) is 0. The standard InChI is InChI=1S/C30H66N3O4P/c1-8-9-10-11-12-13-14-15-16-17-18-19-20-21-28-36-38(34,35-7)37-30(2)29-33(26-22-24-31(3)4)27-23-25-32(5)6/h30H,8-29H2,1-7H3. The molecule has 0 bridgehead atoms. The molecular weight excluding hydrogens is 497 g/mol. The molecule has 0 aliphatic rings. The van der Waals surface area contributed by atoms with Crippen molar-refractivity contribution < 1.29 is 18.1 Å². The predicted octanol–water partition coefficient (Wildman–Crippen LogP) is 7.85. The van der Waals surface area contributed by atoms with Gasteiger partial charge in [0.1, 0.15) is 0 Å². The Hall–Kier alpha value is -0.0100. The number of phosphoric ester groups is 1. The number of rotatable bonds is 29. The first kappa shape index (κ1) is 38.0. The SMILES string of the molecule is CCCCCCCCCCCCCCCCOP(=O)(OC)OC(C)CN(CCCN(C)C)CCCN(C)C. The van der Waals surface area contributed by atoms with Crippen molar-refractivity contribution in [3.63, 3.8) is 0 Å². The van der Waals surface area contributed by atoms with Crippen molar-refractivity contribution in [2.75, 3.05) is 74.6 Å². The zero-order valence-corrected chi connectivity index (χ0v) is 27.4. The molecule has 2 atom stereocenters. The van der Waals surface area contributed by atoms with Gasteiger partial charge in [-0.3, -0.25) is 13.6 Å². The highest BCUT2D eigenvalue weighted by atomic mass is 31.2. The van der Waals surface area contributed by atoms with Gasteiger partial charge in [0.15, 0.2) is 0 Å². The second-order valence-corrected chi connectivity index (χ2v) is 13.3. The zero-order valence-electron chi connectivity index (χ0n) is 26.6. The smallest absolute Gasteiger partial charge is 0.309 e. The largest absolute Gasteiger partial charge is 0.474 e. The van der Waals surface area contributed by atoms with Crippen LogP contribution < -0.4 is 0 Å². The Morgan fingerprint density at radius 1 is 0.632 bits per heavy atom. The van der Waals surface area contributed by atoms with E-state index in [2.05, 4.69) is 49.8 Å². The van der Waals surface area contributed by atoms with Crippen molar-refractivity contribution in [1.29, 1.82) is 0 Å². The van der Waals surface area contributed by atoms with Crippen LogP contribution in [0.5, 0.6) is 0 Å². The Morgan fingerprint density at radius 2 is 1.05 bits per heavy atom. The fraction of sp³-hybridized carbons (Fsp3) is 1.00. The second kappa shape index (κ2) is 25.9. The van der Waals surface area contributed by atoms with E-state index in [0.717, 1.165) is 58.4 Å². The number of hydrogen-bond acceptors (Lipinski definition) is 7. The van der Waals surface area contributed by atoms with E-state index in [0.29, 0.717) is 6.61 Å². The molecule has 0 amide bonds. The van der Waals surface area contributed by atoms with E-state index in [1.54, 1.807) is 0 Å². The average molecular weight is 564 g/mol. The van der Waals surface area contributed by atoms with E-state index in [9.17, 15) is 4.57 Å². The van der Waals surface area contributed by atoms with Gasteiger partial charge in [-0.1, -0.05) is 90.4 Å². The number of hydrogen-bond donors (Lipinski definition) is 0. The van der Waals surface area contributed by atoms with Gasteiger partial charge in [-0.25, -0.2) is 4.57 Å². The Bertz CT molecular complexity index is 538. The summed E-state index contributed by atoms with van der Waals surface area (Å²) in [6, 6.07) is 0. The van der Waals surface area contributed by atoms with Gasteiger partial charge in [0.25, 0.3) is 0 Å². The topological polar surface area (TPSA) is 54.5 Å². The molecule has 0 radical (unpaired) electrons. The summed E-state index contributed by atoms with van der Waals surface area (Å²) in [7, 11) is 6.31. The molecule has 0 saturated carbocycles. The Labute approximate surface area is 237 Å². The molecule has 7 nitrogen and oxygen atoms in total. The first-order valence-corrected chi connectivity index (χ1v) is 17.2. The van der Waals surface area contributed by atoms with E-state index in [4.69, 9.17) is 13.6 Å². The van der Waals surface area contributed by atoms with Gasteiger partial charge in [-0.05, 0) is 80.6 Å². The Kier molecular flexibility index (Phi) is 25.9. The molecule has 230 valence electrons. The summed E-state index contributed by atoms with van der Waals surface area (Å²) in [6.07, 6.45) is 20.3. The lowest BCUT2D eigenvalue weighted by Gasteiger charge is -2.28. The second-order valence-electron chi connectivity index (χ2n) is 11.6. The number of phosphoric acid groups is 1. The molecule has 0 N–H and O–H groups in total. The fourth-order valence-corrected chi connectivity index (χ4v) is 5.84. The van der Waals surface area contributed by atoms with E-state index in [1.807, 2.05) is 6.92 Å². The highest BCUT2D eigenvalue weighted by molar-refractivity contribution is 7.48. The van der Waals surface area contributed by atoms with Gasteiger partial charge < -0.3 is 14.7 Å². The third-order valence-electron chi connectivity index (χ3n) is 6.95. The number of unbranched alkanes of at least 4 members (excludes halogenated alkanes) is 13. The Balaban J connectivity index is 4.06. The molecule has 0 spiro atoms. The van der Waals surface area contributed by atoms with Crippen LogP contribution in [-0.2, 0) is 18.1 Å². The molecule has 0 aliphatic carbocycles. The summed E-state index contributed by atoms with van der Waals surface area (Å²) in [6.45, 7) is 9.48. The van der Waals surface area contributed by atoms with Crippen LogP contribution in [0.1, 0.15) is 117 Å². The van der Waals surface area contributed by atoms with E-state index < -0.39 is 7.82 Å². The van der Waals surface area contributed by atoms with Crippen LogP contribution in [0.2, 0.25) is 0 Å². The maximum Gasteiger partial charge on any atom is 0.474 e. The molecule has 0 rings (SSSR count). The van der Waals surface area contributed by atoms with Crippen LogP contribution >= 0.6 is 7.82 Å². The van der Waals surface area contributed by atoms with Crippen molar-refractivity contribution in [3.8, 4) is 0 Å². The van der Waals surface area contributed by atoms with Crippen LogP contribution in [0.4, 0.5) is 0 Å². The van der Waals surface area contributed by atoms with Crippen LogP contribution in [0, 0.1) is 0 Å². The van der Waals surface area contributed by atoms with Crippen LogP contribution in [0.15, 0.2) is 0 Å². The highest BCUT2D eigenvalue weighted by Crippen LogP contribution is 2.49. The zero-order chi connectivity index (χ0) is 28.5. The van der Waals surface area contributed by atoms with Crippen molar-refractivity contribution in [2.45, 2.75) is 123 Å². The van der Waals surface area contributed by atoms with Crippen LogP contribution in [-0.4, -0.2) is 95.4 Å². The summed E-state index contributed by atoms with van der Waals surface area (Å²) in [4.78, 5) is 6.83. The highest BCUT2D eigenvalue weighted by Gasteiger charge is 2.28. The van der Waals surface area contributed by atoms with Gasteiger partial charge in [0.2, 0.25) is 0 Å². The van der Waals surface area contributed by atoms with Gasteiger partial charge in [0, 0.05) is 13.7 Å². The van der Waals surface area contributed by atoms with Crippen molar-refractivity contribution in [2.24, 2.45) is 0 Å². The summed E-state index contributed by atoms with van der Waals surface area (Å²) in [5, 5.41) is 0. The fourth-order valence-electron chi connectivity index (χ4n) is 4.73. The van der Waals surface area contributed by atoms with Gasteiger partial charge in [0.05, 0.1) is 12.7 Å². The third kappa shape index (κ3) is 25.0. The van der Waals surface area contributed by atoms with Crippen LogP contribution in [0.3, 0.4) is 0 Å². The minimum atomic E-state index is -3.53. The molecule has 8 heteroatoms. The van der Waals surface area contributed by atoms with Crippen molar-refractivity contribution in [1.82, 2.24) is 14.7 Å². The first-order valence-electron chi connectivity index (χ1n) is 15.7. The number of nitrogens with zero attached hydrogens (tertiary/aromatic N) is 3. The van der Waals surface area contributed by atoms with Crippen molar-refractivity contribution >= 4 is 7.82 Å². The van der Waals surface area contributed by atoms with E-state index >= 15 is 0 Å². The normalized spacial score (nSPS) is 14.6. The molecular formula is C30H66N3O4P. The maximum absolute atomic E-state index is 13.0. The molecule has 38 heavy (non-hydrogen) atoms. The minimum absolute atomic E-state index is 0.226. The molecule has 2 unspecified atom stereocenters. The lowest BCUT2D eigenvalue weighted by molar-refractivity contribution is 0.0736. The van der Waals surface area contributed by atoms with Gasteiger partial charge >= 0.3 is 7.82 Å². The molecule has 0 fully saturated rings. The van der Waals surface area contributed by atoms with E-state index in [-0.39, 0.29) is 6.10 Å². The average Bonchev–Trinajstić information content (AvgIpc) is 2.85. The molecule has 0 aromatic carbocycles. The molecule has 0 aromatic rings. The molecule has 0 aromatic heterocycles. The molecule has 0 saturated heterocycles. The van der Waals surface area contributed by atoms with E-state index in [1.165, 1.54) is 84.2 Å². The first-order chi connectivity index (χ1) is 18.2. The summed E-state index contributed by atoms with van der Waals surface area (Å²) < 4.78 is 29.7. The summed E-state index contributed by atoms with van der Waals surface area (Å²) >= 11 is 0. The van der Waals surface area contributed by atoms with Gasteiger partial charge in [-0.15, -0.1) is 0 Å². The quantitative estimate of drug-likeness (QED) is 0.0678. The third-order valence-corrected chi connectivity index (χ3v) is 8.52.